The van der Waals surface area contributed by atoms with Crippen LogP contribution in [0.3, 0.4) is 0 Å². The summed E-state index contributed by atoms with van der Waals surface area (Å²) in [6.45, 7) is 0. The third kappa shape index (κ3) is 3.47. The van der Waals surface area contributed by atoms with E-state index in [9.17, 15) is 10.1 Å². The predicted molar refractivity (Wildman–Crippen MR) is 122 cm³/mol. The van der Waals surface area contributed by atoms with Crippen molar-refractivity contribution < 1.29 is 4.92 Å². The SMILES string of the molecule is O=[N+]([O-])c1c(NN(c2ccccc2)c2ccccc2)ncnc1-n1cnc2ccccc21. The van der Waals surface area contributed by atoms with Gasteiger partial charge in [0.2, 0.25) is 11.6 Å². The molecule has 2 heterocycles. The van der Waals surface area contributed by atoms with Gasteiger partial charge in [-0.1, -0.05) is 48.5 Å². The van der Waals surface area contributed by atoms with Crippen molar-refractivity contribution in [3.8, 4) is 5.82 Å². The van der Waals surface area contributed by atoms with Crippen LogP contribution < -0.4 is 10.4 Å². The molecule has 5 rings (SSSR count). The van der Waals surface area contributed by atoms with Crippen LogP contribution in [-0.2, 0) is 0 Å². The summed E-state index contributed by atoms with van der Waals surface area (Å²) in [5.41, 5.74) is 5.87. The summed E-state index contributed by atoms with van der Waals surface area (Å²) >= 11 is 0. The molecule has 0 aliphatic carbocycles. The number of imidazole rings is 1. The lowest BCUT2D eigenvalue weighted by atomic mass is 10.2. The Labute approximate surface area is 182 Å². The van der Waals surface area contributed by atoms with E-state index in [-0.39, 0.29) is 17.3 Å². The maximum absolute atomic E-state index is 12.2. The van der Waals surface area contributed by atoms with Crippen molar-refractivity contribution in [1.29, 1.82) is 0 Å². The highest BCUT2D eigenvalue weighted by molar-refractivity contribution is 5.79. The van der Waals surface area contributed by atoms with E-state index in [1.165, 1.54) is 12.7 Å². The number of hydrogen-bond acceptors (Lipinski definition) is 7. The standard InChI is InChI=1S/C23H17N7O2/c31-30(32)21-22(24-15-25-23(21)28-16-26-19-13-7-8-14-20(19)28)27-29(17-9-3-1-4-10-17)18-11-5-2-6-12-18/h1-16H,(H,24,25,27). The molecule has 0 spiro atoms. The number of hydrazine groups is 1. The van der Waals surface area contributed by atoms with E-state index in [4.69, 9.17) is 0 Å². The molecule has 2 aromatic heterocycles. The van der Waals surface area contributed by atoms with Crippen molar-refractivity contribution >= 4 is 33.9 Å². The second-order valence-corrected chi connectivity index (χ2v) is 6.87. The van der Waals surface area contributed by atoms with Gasteiger partial charge in [-0.05, 0) is 36.4 Å². The number of nitrogens with zero attached hydrogens (tertiary/aromatic N) is 6. The van der Waals surface area contributed by atoms with Crippen LogP contribution in [0.15, 0.2) is 97.6 Å². The van der Waals surface area contributed by atoms with Crippen LogP contribution in [0.4, 0.5) is 22.9 Å². The van der Waals surface area contributed by atoms with Crippen LogP contribution in [0.2, 0.25) is 0 Å². The highest BCUT2D eigenvalue weighted by atomic mass is 16.6. The average molecular weight is 423 g/mol. The first-order valence-corrected chi connectivity index (χ1v) is 9.81. The quantitative estimate of drug-likeness (QED) is 0.306. The minimum absolute atomic E-state index is 0.0606. The fourth-order valence-corrected chi connectivity index (χ4v) is 3.46. The first kappa shape index (κ1) is 19.2. The summed E-state index contributed by atoms with van der Waals surface area (Å²) in [5, 5.41) is 13.9. The molecule has 0 saturated heterocycles. The van der Waals surface area contributed by atoms with Crippen molar-refractivity contribution in [2.75, 3.05) is 10.4 Å². The molecule has 3 aromatic carbocycles. The number of benzene rings is 3. The van der Waals surface area contributed by atoms with Gasteiger partial charge in [0.1, 0.15) is 12.7 Å². The predicted octanol–water partition coefficient (Wildman–Crippen LogP) is 4.89. The van der Waals surface area contributed by atoms with Crippen molar-refractivity contribution in [1.82, 2.24) is 19.5 Å². The van der Waals surface area contributed by atoms with Crippen molar-refractivity contribution in [2.45, 2.75) is 0 Å². The van der Waals surface area contributed by atoms with Gasteiger partial charge in [0.25, 0.3) is 0 Å². The molecule has 0 aliphatic heterocycles. The van der Waals surface area contributed by atoms with E-state index < -0.39 is 4.92 Å². The minimum atomic E-state index is -0.486. The van der Waals surface area contributed by atoms with Gasteiger partial charge in [-0.25, -0.2) is 15.0 Å². The summed E-state index contributed by atoms with van der Waals surface area (Å²) in [4.78, 5) is 24.4. The molecule has 0 atom stereocenters. The zero-order valence-electron chi connectivity index (χ0n) is 16.7. The van der Waals surface area contributed by atoms with Gasteiger partial charge in [0.05, 0.1) is 27.3 Å². The molecule has 5 aromatic rings. The van der Waals surface area contributed by atoms with Gasteiger partial charge in [0.15, 0.2) is 0 Å². The number of nitro groups is 1. The number of para-hydroxylation sites is 4. The van der Waals surface area contributed by atoms with Gasteiger partial charge < -0.3 is 0 Å². The van der Waals surface area contributed by atoms with E-state index >= 15 is 0 Å². The Morgan fingerprint density at radius 3 is 2.09 bits per heavy atom. The zero-order valence-corrected chi connectivity index (χ0v) is 16.7. The fourth-order valence-electron chi connectivity index (χ4n) is 3.46. The highest BCUT2D eigenvalue weighted by Crippen LogP contribution is 2.33. The van der Waals surface area contributed by atoms with Crippen LogP contribution in [0.25, 0.3) is 16.9 Å². The first-order valence-electron chi connectivity index (χ1n) is 9.81. The van der Waals surface area contributed by atoms with Crippen LogP contribution in [0.5, 0.6) is 0 Å². The van der Waals surface area contributed by atoms with E-state index in [2.05, 4.69) is 20.4 Å². The number of anilines is 3. The molecular formula is C23H17N7O2. The first-order chi connectivity index (χ1) is 15.7. The molecular weight excluding hydrogens is 406 g/mol. The number of nitrogens with one attached hydrogen (secondary N) is 1. The number of aromatic nitrogens is 4. The minimum Gasteiger partial charge on any atom is -0.277 e. The van der Waals surface area contributed by atoms with Crippen LogP contribution >= 0.6 is 0 Å². The van der Waals surface area contributed by atoms with E-state index in [1.807, 2.05) is 84.9 Å². The Morgan fingerprint density at radius 2 is 1.44 bits per heavy atom. The van der Waals surface area contributed by atoms with Crippen LogP contribution in [0.1, 0.15) is 0 Å². The summed E-state index contributed by atoms with van der Waals surface area (Å²) < 4.78 is 1.59. The Balaban J connectivity index is 1.65. The second kappa shape index (κ2) is 8.15. The lowest BCUT2D eigenvalue weighted by Gasteiger charge is -2.26. The highest BCUT2D eigenvalue weighted by Gasteiger charge is 2.27. The van der Waals surface area contributed by atoms with Crippen molar-refractivity contribution in [3.63, 3.8) is 0 Å². The van der Waals surface area contributed by atoms with Crippen molar-refractivity contribution in [3.05, 3.63) is 108 Å². The van der Waals surface area contributed by atoms with Gasteiger partial charge in [-0.2, -0.15) is 0 Å². The largest absolute Gasteiger partial charge is 0.355 e. The average Bonchev–Trinajstić information content (AvgIpc) is 3.27. The molecule has 1 N–H and O–H groups in total. The molecule has 0 bridgehead atoms. The third-order valence-corrected chi connectivity index (χ3v) is 4.91. The maximum Gasteiger partial charge on any atom is 0.355 e. The number of hydrogen-bond donors (Lipinski definition) is 1. The van der Waals surface area contributed by atoms with Crippen LogP contribution in [0, 0.1) is 10.1 Å². The van der Waals surface area contributed by atoms with Gasteiger partial charge >= 0.3 is 5.69 Å². The second-order valence-electron chi connectivity index (χ2n) is 6.87. The lowest BCUT2D eigenvalue weighted by molar-refractivity contribution is -0.384. The van der Waals surface area contributed by atoms with Gasteiger partial charge in [0, 0.05) is 0 Å². The molecule has 0 amide bonds. The number of rotatable bonds is 6. The Hall–Kier alpha value is -4.79. The van der Waals surface area contributed by atoms with E-state index in [1.54, 1.807) is 9.58 Å². The maximum atomic E-state index is 12.2. The lowest BCUT2D eigenvalue weighted by Crippen LogP contribution is -2.26. The molecule has 9 nitrogen and oxygen atoms in total. The molecule has 0 fully saturated rings. The topological polar surface area (TPSA) is 102 Å². The Kier molecular flexibility index (Phi) is 4.89. The molecule has 32 heavy (non-hydrogen) atoms. The monoisotopic (exact) mass is 423 g/mol. The molecule has 0 aliphatic rings. The van der Waals surface area contributed by atoms with E-state index in [0.717, 1.165) is 11.4 Å². The van der Waals surface area contributed by atoms with E-state index in [0.29, 0.717) is 11.0 Å². The Morgan fingerprint density at radius 1 is 0.812 bits per heavy atom. The fraction of sp³-hybridized carbons (Fsp3) is 0. The summed E-state index contributed by atoms with van der Waals surface area (Å²) in [7, 11) is 0. The van der Waals surface area contributed by atoms with Crippen LogP contribution in [-0.4, -0.2) is 24.4 Å². The normalized spacial score (nSPS) is 10.8. The zero-order chi connectivity index (χ0) is 21.9. The summed E-state index contributed by atoms with van der Waals surface area (Å²) in [6.07, 6.45) is 2.82. The molecule has 0 unspecified atom stereocenters. The molecule has 0 saturated carbocycles. The summed E-state index contributed by atoms with van der Waals surface area (Å²) in [6, 6.07) is 26.4. The van der Waals surface area contributed by atoms with Gasteiger partial charge in [-0.15, -0.1) is 0 Å². The number of fused-ring (bicyclic) bond motifs is 1. The molecule has 9 heteroatoms. The van der Waals surface area contributed by atoms with Crippen molar-refractivity contribution in [2.24, 2.45) is 0 Å². The Bertz CT molecular complexity index is 1350. The smallest absolute Gasteiger partial charge is 0.277 e. The summed E-state index contributed by atoms with van der Waals surface area (Å²) in [5.74, 6) is 0.188. The molecule has 0 radical (unpaired) electrons. The van der Waals surface area contributed by atoms with Gasteiger partial charge in [-0.3, -0.25) is 25.1 Å². The molecule has 156 valence electrons. The third-order valence-electron chi connectivity index (χ3n) is 4.91.